The smallest absolute Gasteiger partial charge is 0.270 e. The Labute approximate surface area is 167 Å². The summed E-state index contributed by atoms with van der Waals surface area (Å²) in [5.41, 5.74) is 3.24. The lowest BCUT2D eigenvalue weighted by molar-refractivity contribution is 0.102. The molecule has 1 unspecified atom stereocenters. The molecule has 7 nitrogen and oxygen atoms in total. The van der Waals surface area contributed by atoms with Crippen molar-refractivity contribution < 1.29 is 13.2 Å². The molecule has 3 aromatic rings. The van der Waals surface area contributed by atoms with Gasteiger partial charge in [-0.2, -0.15) is 0 Å². The van der Waals surface area contributed by atoms with Crippen LogP contribution in [0.1, 0.15) is 40.0 Å². The van der Waals surface area contributed by atoms with E-state index in [-0.39, 0.29) is 15.4 Å². The number of anilines is 1. The molecule has 0 fully saturated rings. The molecule has 0 aliphatic heterocycles. The molecule has 9 heteroatoms. The van der Waals surface area contributed by atoms with Crippen molar-refractivity contribution in [2.75, 3.05) is 5.32 Å². The van der Waals surface area contributed by atoms with E-state index in [0.717, 1.165) is 28.0 Å². The molecule has 146 valence electrons. The second-order valence-corrected chi connectivity index (χ2v) is 9.26. The van der Waals surface area contributed by atoms with E-state index in [0.29, 0.717) is 5.56 Å². The number of nitrogens with one attached hydrogen (secondary N) is 2. The predicted octanol–water partition coefficient (Wildman–Crippen LogP) is 3.45. The summed E-state index contributed by atoms with van der Waals surface area (Å²) in [6.07, 6.45) is 0. The summed E-state index contributed by atoms with van der Waals surface area (Å²) in [4.78, 5) is 12.3. The van der Waals surface area contributed by atoms with Gasteiger partial charge in [0.25, 0.3) is 15.9 Å². The van der Waals surface area contributed by atoms with Crippen molar-refractivity contribution in [1.82, 2.24) is 14.9 Å². The molecule has 0 radical (unpaired) electrons. The van der Waals surface area contributed by atoms with Gasteiger partial charge in [0.15, 0.2) is 0 Å². The highest BCUT2D eigenvalue weighted by Crippen LogP contribution is 2.23. The summed E-state index contributed by atoms with van der Waals surface area (Å²) in [6.45, 7) is 5.54. The third kappa shape index (κ3) is 4.61. The lowest BCUT2D eigenvalue weighted by Gasteiger charge is -2.13. The first-order chi connectivity index (χ1) is 13.3. The fourth-order valence-electron chi connectivity index (χ4n) is 2.57. The van der Waals surface area contributed by atoms with Crippen LogP contribution in [-0.4, -0.2) is 24.5 Å². The number of aromatic nitrogens is 2. The van der Waals surface area contributed by atoms with Gasteiger partial charge >= 0.3 is 0 Å². The molecule has 0 aliphatic rings. The fraction of sp³-hybridized carbons (Fsp3) is 0.211. The third-order valence-electron chi connectivity index (χ3n) is 4.16. The molecule has 0 spiro atoms. The number of amides is 1. The summed E-state index contributed by atoms with van der Waals surface area (Å²) in [6, 6.07) is 14.3. The van der Waals surface area contributed by atoms with Crippen LogP contribution in [0.4, 0.5) is 5.13 Å². The highest BCUT2D eigenvalue weighted by Gasteiger charge is 2.24. The van der Waals surface area contributed by atoms with Gasteiger partial charge in [-0.05, 0) is 38.0 Å². The van der Waals surface area contributed by atoms with E-state index in [1.54, 1.807) is 19.1 Å². The second-order valence-electron chi connectivity index (χ2n) is 6.40. The first-order valence-electron chi connectivity index (χ1n) is 8.55. The molecule has 1 amide bonds. The van der Waals surface area contributed by atoms with E-state index in [1.165, 1.54) is 0 Å². The lowest BCUT2D eigenvalue weighted by Crippen LogP contribution is -2.26. The lowest BCUT2D eigenvalue weighted by atomic mass is 10.1. The maximum Gasteiger partial charge on any atom is 0.270 e. The van der Waals surface area contributed by atoms with E-state index in [2.05, 4.69) is 20.2 Å². The standard InChI is InChI=1S/C19H20N4O3S2/c1-12-8-10-15(11-9-12)14(3)23-28(25,26)19-22-21-18(27-19)20-17(24)16-7-5-4-6-13(16)2/h4-11,14,23H,1-3H3,(H,20,21,24). The summed E-state index contributed by atoms with van der Waals surface area (Å²) >= 11 is 0.804. The molecule has 28 heavy (non-hydrogen) atoms. The molecule has 2 aromatic carbocycles. The van der Waals surface area contributed by atoms with E-state index < -0.39 is 16.1 Å². The number of carbonyl (C=O) groups excluding carboxylic acids is 1. The number of sulfonamides is 1. The van der Waals surface area contributed by atoms with Crippen molar-refractivity contribution in [2.24, 2.45) is 0 Å². The predicted molar refractivity (Wildman–Crippen MR) is 109 cm³/mol. The summed E-state index contributed by atoms with van der Waals surface area (Å²) in [7, 11) is -3.86. The van der Waals surface area contributed by atoms with Crippen LogP contribution in [0, 0.1) is 13.8 Å². The Hall–Kier alpha value is -2.62. The topological polar surface area (TPSA) is 101 Å². The van der Waals surface area contributed by atoms with Crippen LogP contribution >= 0.6 is 11.3 Å². The monoisotopic (exact) mass is 416 g/mol. The number of benzene rings is 2. The molecule has 0 bridgehead atoms. The zero-order valence-electron chi connectivity index (χ0n) is 15.6. The molecule has 1 atom stereocenters. The first-order valence-corrected chi connectivity index (χ1v) is 10.9. The minimum Gasteiger partial charge on any atom is -0.296 e. The van der Waals surface area contributed by atoms with Crippen LogP contribution in [0.15, 0.2) is 52.9 Å². The van der Waals surface area contributed by atoms with Crippen molar-refractivity contribution >= 4 is 32.4 Å². The van der Waals surface area contributed by atoms with E-state index in [9.17, 15) is 13.2 Å². The van der Waals surface area contributed by atoms with Crippen molar-refractivity contribution in [1.29, 1.82) is 0 Å². The van der Waals surface area contributed by atoms with Crippen LogP contribution in [0.25, 0.3) is 0 Å². The Bertz CT molecular complexity index is 1090. The number of hydrogen-bond donors (Lipinski definition) is 2. The first kappa shape index (κ1) is 20.1. The van der Waals surface area contributed by atoms with Crippen LogP contribution < -0.4 is 10.0 Å². The fourth-order valence-corrected chi connectivity index (χ4v) is 4.71. The third-order valence-corrected chi connectivity index (χ3v) is 6.90. The Morgan fingerprint density at radius 2 is 1.71 bits per heavy atom. The van der Waals surface area contributed by atoms with Crippen molar-refractivity contribution in [3.8, 4) is 0 Å². The van der Waals surface area contributed by atoms with E-state index in [1.807, 2.05) is 50.2 Å². The summed E-state index contributed by atoms with van der Waals surface area (Å²) in [5, 5.41) is 10.2. The maximum absolute atomic E-state index is 12.6. The number of nitrogens with zero attached hydrogens (tertiary/aromatic N) is 2. The number of hydrogen-bond acceptors (Lipinski definition) is 6. The van der Waals surface area contributed by atoms with Crippen molar-refractivity contribution in [3.63, 3.8) is 0 Å². The molecule has 0 aliphatic carbocycles. The minimum absolute atomic E-state index is 0.122. The van der Waals surface area contributed by atoms with Gasteiger partial charge in [0, 0.05) is 11.6 Å². The number of aryl methyl sites for hydroxylation is 2. The van der Waals surface area contributed by atoms with Crippen molar-refractivity contribution in [2.45, 2.75) is 31.2 Å². The largest absolute Gasteiger partial charge is 0.296 e. The average Bonchev–Trinajstić information content (AvgIpc) is 3.11. The zero-order chi connectivity index (χ0) is 20.3. The molecule has 3 rings (SSSR count). The Kier molecular flexibility index (Phi) is 5.87. The molecule has 0 saturated carbocycles. The highest BCUT2D eigenvalue weighted by atomic mass is 32.2. The van der Waals surface area contributed by atoms with Gasteiger partial charge in [0.05, 0.1) is 0 Å². The Balaban J connectivity index is 1.72. The van der Waals surface area contributed by atoms with Gasteiger partial charge in [-0.15, -0.1) is 10.2 Å². The van der Waals surface area contributed by atoms with Gasteiger partial charge in [-0.25, -0.2) is 13.1 Å². The van der Waals surface area contributed by atoms with Crippen LogP contribution in [0.3, 0.4) is 0 Å². The Morgan fingerprint density at radius 1 is 1.04 bits per heavy atom. The number of rotatable bonds is 6. The van der Waals surface area contributed by atoms with E-state index >= 15 is 0 Å². The van der Waals surface area contributed by atoms with Crippen LogP contribution in [-0.2, 0) is 10.0 Å². The summed E-state index contributed by atoms with van der Waals surface area (Å²) in [5.74, 6) is -0.362. The van der Waals surface area contributed by atoms with Crippen molar-refractivity contribution in [3.05, 3.63) is 70.8 Å². The van der Waals surface area contributed by atoms with Gasteiger partial charge in [0.2, 0.25) is 9.47 Å². The SMILES string of the molecule is Cc1ccc(C(C)NS(=O)(=O)c2nnc(NC(=O)c3ccccc3C)s2)cc1. The second kappa shape index (κ2) is 8.17. The number of carbonyl (C=O) groups is 1. The van der Waals surface area contributed by atoms with Gasteiger partial charge in [0.1, 0.15) is 0 Å². The highest BCUT2D eigenvalue weighted by molar-refractivity contribution is 7.91. The Morgan fingerprint density at radius 3 is 2.39 bits per heavy atom. The van der Waals surface area contributed by atoms with E-state index in [4.69, 9.17) is 0 Å². The molecule has 0 saturated heterocycles. The molecular formula is C19H20N4O3S2. The average molecular weight is 417 g/mol. The van der Waals surface area contributed by atoms with Gasteiger partial charge in [-0.1, -0.05) is 59.4 Å². The molecule has 2 N–H and O–H groups in total. The van der Waals surface area contributed by atoms with Crippen LogP contribution in [0.5, 0.6) is 0 Å². The van der Waals surface area contributed by atoms with Gasteiger partial charge in [-0.3, -0.25) is 10.1 Å². The zero-order valence-corrected chi connectivity index (χ0v) is 17.3. The maximum atomic E-state index is 12.6. The molecule has 1 aromatic heterocycles. The summed E-state index contributed by atoms with van der Waals surface area (Å²) < 4.78 is 27.6. The molecule has 1 heterocycles. The van der Waals surface area contributed by atoms with Gasteiger partial charge < -0.3 is 0 Å². The normalized spacial score (nSPS) is 12.5. The van der Waals surface area contributed by atoms with Crippen LogP contribution in [0.2, 0.25) is 0 Å². The quantitative estimate of drug-likeness (QED) is 0.600. The minimum atomic E-state index is -3.86. The molecular weight excluding hydrogens is 396 g/mol.